The summed E-state index contributed by atoms with van der Waals surface area (Å²) in [4.78, 5) is 23.4. The minimum Gasteiger partial charge on any atom is -0.370 e. The van der Waals surface area contributed by atoms with E-state index < -0.39 is 0 Å². The van der Waals surface area contributed by atoms with Crippen molar-refractivity contribution in [3.05, 3.63) is 41.1 Å². The van der Waals surface area contributed by atoms with E-state index in [2.05, 4.69) is 32.5 Å². The van der Waals surface area contributed by atoms with Crippen molar-refractivity contribution in [3.8, 4) is 0 Å². The molecule has 2 aromatic rings. The van der Waals surface area contributed by atoms with E-state index in [-0.39, 0.29) is 11.6 Å². The summed E-state index contributed by atoms with van der Waals surface area (Å²) in [5, 5.41) is 6.26. The number of carbonyl (C=O) groups is 1. The van der Waals surface area contributed by atoms with E-state index in [4.69, 9.17) is 11.6 Å². The lowest BCUT2D eigenvalue weighted by Gasteiger charge is -2.08. The van der Waals surface area contributed by atoms with Crippen molar-refractivity contribution >= 4 is 23.3 Å². The molecule has 0 saturated heterocycles. The Hall–Kier alpha value is -2.08. The molecule has 0 bridgehead atoms. The second-order valence-corrected chi connectivity index (χ2v) is 4.90. The molecule has 1 amide bonds. The van der Waals surface area contributed by atoms with Crippen LogP contribution in [0.1, 0.15) is 29.7 Å². The molecule has 21 heavy (non-hydrogen) atoms. The number of anilines is 1. The van der Waals surface area contributed by atoms with Gasteiger partial charge in [-0.3, -0.25) is 4.79 Å². The topological polar surface area (TPSA) is 82.7 Å². The van der Waals surface area contributed by atoms with Crippen molar-refractivity contribution in [1.82, 2.24) is 20.3 Å². The first-order chi connectivity index (χ1) is 10.2. The van der Waals surface area contributed by atoms with Crippen molar-refractivity contribution in [2.75, 3.05) is 18.4 Å². The average Bonchev–Trinajstić information content (AvgIpc) is 2.99. The molecule has 0 saturated carbocycles. The minimum atomic E-state index is -0.285. The van der Waals surface area contributed by atoms with Gasteiger partial charge in [0.1, 0.15) is 17.3 Å². The maximum absolute atomic E-state index is 12.1. The molecule has 3 N–H and O–H groups in total. The van der Waals surface area contributed by atoms with Crippen LogP contribution < -0.4 is 10.6 Å². The van der Waals surface area contributed by atoms with E-state index in [9.17, 15) is 4.79 Å². The van der Waals surface area contributed by atoms with E-state index in [0.29, 0.717) is 23.8 Å². The zero-order valence-corrected chi connectivity index (χ0v) is 12.6. The van der Waals surface area contributed by atoms with Gasteiger partial charge in [0, 0.05) is 31.9 Å². The van der Waals surface area contributed by atoms with Crippen molar-refractivity contribution in [2.45, 2.75) is 19.8 Å². The Bertz CT molecular complexity index is 585. The van der Waals surface area contributed by atoms with E-state index >= 15 is 0 Å². The SMILES string of the molecule is CCCNc1ccc(Cl)c(C(=O)NCCc2ncc[nH]2)n1. The number of halogens is 1. The van der Waals surface area contributed by atoms with E-state index in [1.54, 1.807) is 24.5 Å². The Morgan fingerprint density at radius 1 is 1.38 bits per heavy atom. The Morgan fingerprint density at radius 3 is 2.95 bits per heavy atom. The van der Waals surface area contributed by atoms with E-state index in [0.717, 1.165) is 18.8 Å². The number of carbonyl (C=O) groups excluding carboxylic acids is 1. The van der Waals surface area contributed by atoms with Gasteiger partial charge in [-0.25, -0.2) is 9.97 Å². The highest BCUT2D eigenvalue weighted by Gasteiger charge is 2.12. The van der Waals surface area contributed by atoms with Crippen LogP contribution in [0.4, 0.5) is 5.82 Å². The summed E-state index contributed by atoms with van der Waals surface area (Å²) < 4.78 is 0. The van der Waals surface area contributed by atoms with Crippen molar-refractivity contribution in [3.63, 3.8) is 0 Å². The summed E-state index contributed by atoms with van der Waals surface area (Å²) in [7, 11) is 0. The van der Waals surface area contributed by atoms with Gasteiger partial charge < -0.3 is 15.6 Å². The van der Waals surface area contributed by atoms with Crippen molar-refractivity contribution in [1.29, 1.82) is 0 Å². The molecule has 0 spiro atoms. The van der Waals surface area contributed by atoms with Gasteiger partial charge in [-0.05, 0) is 18.6 Å². The molecule has 112 valence electrons. The predicted molar refractivity (Wildman–Crippen MR) is 82.7 cm³/mol. The van der Waals surface area contributed by atoms with Crippen LogP contribution in [0, 0.1) is 0 Å². The zero-order chi connectivity index (χ0) is 15.1. The number of hydrogen-bond acceptors (Lipinski definition) is 4. The average molecular weight is 308 g/mol. The monoisotopic (exact) mass is 307 g/mol. The van der Waals surface area contributed by atoms with Crippen LogP contribution in [0.25, 0.3) is 0 Å². The molecule has 0 aromatic carbocycles. The molecule has 0 aliphatic rings. The highest BCUT2D eigenvalue weighted by molar-refractivity contribution is 6.33. The van der Waals surface area contributed by atoms with Crippen LogP contribution in [0.5, 0.6) is 0 Å². The molecule has 0 aliphatic heterocycles. The van der Waals surface area contributed by atoms with E-state index in [1.165, 1.54) is 0 Å². The first-order valence-electron chi connectivity index (χ1n) is 6.87. The normalized spacial score (nSPS) is 10.4. The zero-order valence-electron chi connectivity index (χ0n) is 11.8. The predicted octanol–water partition coefficient (Wildman–Crippen LogP) is 2.25. The molecule has 2 rings (SSSR count). The second kappa shape index (κ2) is 7.64. The summed E-state index contributed by atoms with van der Waals surface area (Å²) in [5.74, 6) is 1.19. The number of aromatic nitrogens is 3. The molecular weight excluding hydrogens is 290 g/mol. The largest absolute Gasteiger partial charge is 0.370 e. The van der Waals surface area contributed by atoms with Gasteiger partial charge in [0.05, 0.1) is 5.02 Å². The van der Waals surface area contributed by atoms with Crippen molar-refractivity contribution < 1.29 is 4.79 Å². The fraction of sp³-hybridized carbons (Fsp3) is 0.357. The maximum Gasteiger partial charge on any atom is 0.271 e. The van der Waals surface area contributed by atoms with Crippen molar-refractivity contribution in [2.24, 2.45) is 0 Å². The molecule has 0 atom stereocenters. The molecular formula is C14H18ClN5O. The lowest BCUT2D eigenvalue weighted by Crippen LogP contribution is -2.27. The number of imidazole rings is 1. The third-order valence-corrected chi connectivity index (χ3v) is 3.12. The number of nitrogens with zero attached hydrogens (tertiary/aromatic N) is 2. The first-order valence-corrected chi connectivity index (χ1v) is 7.25. The standard InChI is InChI=1S/C14H18ClN5O/c1-2-6-16-12-4-3-10(15)13(20-12)14(21)19-7-5-11-17-8-9-18-11/h3-4,8-9H,2,5-7H2,1H3,(H,16,20)(H,17,18)(H,19,21). The highest BCUT2D eigenvalue weighted by Crippen LogP contribution is 2.16. The summed E-state index contributed by atoms with van der Waals surface area (Å²) in [6.45, 7) is 3.33. The number of hydrogen-bond donors (Lipinski definition) is 3. The smallest absolute Gasteiger partial charge is 0.271 e. The van der Waals surface area contributed by atoms with Gasteiger partial charge in [0.2, 0.25) is 0 Å². The van der Waals surface area contributed by atoms with Crippen LogP contribution >= 0.6 is 11.6 Å². The summed E-state index contributed by atoms with van der Waals surface area (Å²) >= 11 is 6.03. The Morgan fingerprint density at radius 2 is 2.24 bits per heavy atom. The molecule has 2 heterocycles. The fourth-order valence-electron chi connectivity index (χ4n) is 1.77. The fourth-order valence-corrected chi connectivity index (χ4v) is 1.96. The van der Waals surface area contributed by atoms with Crippen LogP contribution in [0.15, 0.2) is 24.5 Å². The number of nitrogens with one attached hydrogen (secondary N) is 3. The molecule has 0 radical (unpaired) electrons. The van der Waals surface area contributed by atoms with E-state index in [1.807, 2.05) is 0 Å². The molecule has 0 unspecified atom stereocenters. The van der Waals surface area contributed by atoms with Gasteiger partial charge in [-0.2, -0.15) is 0 Å². The summed E-state index contributed by atoms with van der Waals surface area (Å²) in [6, 6.07) is 3.44. The molecule has 2 aromatic heterocycles. The number of H-pyrrole nitrogens is 1. The molecule has 6 nitrogen and oxygen atoms in total. The Kier molecular flexibility index (Phi) is 5.57. The third-order valence-electron chi connectivity index (χ3n) is 2.82. The summed E-state index contributed by atoms with van der Waals surface area (Å²) in [5.41, 5.74) is 0.234. The van der Waals surface area contributed by atoms with Crippen LogP contribution in [0.3, 0.4) is 0 Å². The number of rotatable bonds is 7. The Labute approximate surface area is 128 Å². The van der Waals surface area contributed by atoms with Gasteiger partial charge in [-0.15, -0.1) is 0 Å². The third kappa shape index (κ3) is 4.46. The maximum atomic E-state index is 12.1. The Balaban J connectivity index is 1.94. The molecule has 0 fully saturated rings. The van der Waals surface area contributed by atoms with Gasteiger partial charge in [0.15, 0.2) is 0 Å². The number of amides is 1. The van der Waals surface area contributed by atoms with Gasteiger partial charge in [-0.1, -0.05) is 18.5 Å². The van der Waals surface area contributed by atoms with Gasteiger partial charge >= 0.3 is 0 Å². The van der Waals surface area contributed by atoms with Crippen LogP contribution in [-0.2, 0) is 6.42 Å². The van der Waals surface area contributed by atoms with Gasteiger partial charge in [0.25, 0.3) is 5.91 Å². The minimum absolute atomic E-state index is 0.234. The van der Waals surface area contributed by atoms with Crippen LogP contribution in [0.2, 0.25) is 5.02 Å². The lowest BCUT2D eigenvalue weighted by atomic mass is 10.3. The number of aromatic amines is 1. The quantitative estimate of drug-likeness (QED) is 0.732. The van der Waals surface area contributed by atoms with Crippen LogP contribution in [-0.4, -0.2) is 33.9 Å². The highest BCUT2D eigenvalue weighted by atomic mass is 35.5. The molecule has 0 aliphatic carbocycles. The summed E-state index contributed by atoms with van der Waals surface area (Å²) in [6.07, 6.45) is 5.04. The second-order valence-electron chi connectivity index (χ2n) is 4.50. The first kappa shape index (κ1) is 15.3. The lowest BCUT2D eigenvalue weighted by molar-refractivity contribution is 0.0949. The molecule has 7 heteroatoms. The number of pyridine rings is 1.